The van der Waals surface area contributed by atoms with Gasteiger partial charge in [-0.2, -0.15) is 0 Å². The van der Waals surface area contributed by atoms with Crippen molar-refractivity contribution >= 4 is 21.8 Å². The maximum Gasteiger partial charge on any atom is 0.0967 e. The molecular weight excluding hydrogens is 208 g/mol. The average molecular weight is 222 g/mol. The molecule has 0 aliphatic carbocycles. The molecule has 3 aromatic rings. The van der Waals surface area contributed by atoms with E-state index in [0.29, 0.717) is 0 Å². The number of nitrogens with zero attached hydrogens (tertiary/aromatic N) is 2. The van der Waals surface area contributed by atoms with Gasteiger partial charge in [0.15, 0.2) is 0 Å². The van der Waals surface area contributed by atoms with Gasteiger partial charge in [-0.05, 0) is 55.7 Å². The standard InChI is InChI=1S/C15H14N2/c1-9-6-12-11(3)7-13-10(2)4-5-16-14(13)15(12)17-8-9/h4-8H,1-3H3. The summed E-state index contributed by atoms with van der Waals surface area (Å²) in [5.41, 5.74) is 5.72. The van der Waals surface area contributed by atoms with Crippen LogP contribution < -0.4 is 0 Å². The van der Waals surface area contributed by atoms with E-state index in [1.165, 1.54) is 27.5 Å². The molecule has 0 atom stereocenters. The van der Waals surface area contributed by atoms with E-state index < -0.39 is 0 Å². The predicted molar refractivity (Wildman–Crippen MR) is 71.3 cm³/mol. The summed E-state index contributed by atoms with van der Waals surface area (Å²) >= 11 is 0. The Morgan fingerprint density at radius 1 is 0.824 bits per heavy atom. The third-order valence-corrected chi connectivity index (χ3v) is 3.24. The highest BCUT2D eigenvalue weighted by Crippen LogP contribution is 2.27. The highest BCUT2D eigenvalue weighted by molar-refractivity contribution is 6.05. The number of fused-ring (bicyclic) bond motifs is 3. The third kappa shape index (κ3) is 1.48. The van der Waals surface area contributed by atoms with Crippen LogP contribution in [0.1, 0.15) is 16.7 Å². The van der Waals surface area contributed by atoms with E-state index in [1.807, 2.05) is 18.5 Å². The number of pyridine rings is 2. The molecule has 84 valence electrons. The molecule has 1 aromatic carbocycles. The first-order valence-electron chi connectivity index (χ1n) is 5.78. The second-order valence-corrected chi connectivity index (χ2v) is 4.63. The van der Waals surface area contributed by atoms with Gasteiger partial charge in [0, 0.05) is 23.2 Å². The first-order chi connectivity index (χ1) is 8.16. The van der Waals surface area contributed by atoms with Crippen molar-refractivity contribution in [3.05, 3.63) is 47.3 Å². The van der Waals surface area contributed by atoms with Gasteiger partial charge in [-0.1, -0.05) is 0 Å². The smallest absolute Gasteiger partial charge is 0.0967 e. The van der Waals surface area contributed by atoms with Crippen LogP contribution in [0.15, 0.2) is 30.6 Å². The summed E-state index contributed by atoms with van der Waals surface area (Å²) in [5.74, 6) is 0. The molecule has 0 radical (unpaired) electrons. The number of aryl methyl sites for hydroxylation is 3. The Bertz CT molecular complexity index is 730. The van der Waals surface area contributed by atoms with Crippen LogP contribution in [0.2, 0.25) is 0 Å². The molecule has 0 unspecified atom stereocenters. The lowest BCUT2D eigenvalue weighted by Crippen LogP contribution is -1.90. The van der Waals surface area contributed by atoms with Crippen molar-refractivity contribution in [2.75, 3.05) is 0 Å². The van der Waals surface area contributed by atoms with Gasteiger partial charge in [-0.25, -0.2) is 0 Å². The second kappa shape index (κ2) is 3.52. The van der Waals surface area contributed by atoms with Crippen LogP contribution in [0.25, 0.3) is 21.8 Å². The van der Waals surface area contributed by atoms with Gasteiger partial charge in [0.05, 0.1) is 11.0 Å². The Kier molecular flexibility index (Phi) is 2.11. The highest BCUT2D eigenvalue weighted by atomic mass is 14.7. The fraction of sp³-hybridized carbons (Fsp3) is 0.200. The summed E-state index contributed by atoms with van der Waals surface area (Å²) in [6, 6.07) is 6.43. The lowest BCUT2D eigenvalue weighted by atomic mass is 10.0. The molecule has 0 saturated carbocycles. The van der Waals surface area contributed by atoms with Gasteiger partial charge in [-0.15, -0.1) is 0 Å². The Hall–Kier alpha value is -1.96. The lowest BCUT2D eigenvalue weighted by molar-refractivity contribution is 1.31. The third-order valence-electron chi connectivity index (χ3n) is 3.24. The predicted octanol–water partition coefficient (Wildman–Crippen LogP) is 3.71. The van der Waals surface area contributed by atoms with Crippen LogP contribution in [0, 0.1) is 20.8 Å². The molecule has 0 N–H and O–H groups in total. The van der Waals surface area contributed by atoms with Crippen molar-refractivity contribution in [1.82, 2.24) is 9.97 Å². The van der Waals surface area contributed by atoms with Crippen LogP contribution in [0.3, 0.4) is 0 Å². The monoisotopic (exact) mass is 222 g/mol. The van der Waals surface area contributed by atoms with Crippen LogP contribution in [0.4, 0.5) is 0 Å². The van der Waals surface area contributed by atoms with Crippen LogP contribution in [-0.2, 0) is 0 Å². The summed E-state index contributed by atoms with van der Waals surface area (Å²) in [6.07, 6.45) is 3.76. The number of aromatic nitrogens is 2. The molecule has 0 spiro atoms. The lowest BCUT2D eigenvalue weighted by Gasteiger charge is -2.08. The fourth-order valence-electron chi connectivity index (χ4n) is 2.29. The van der Waals surface area contributed by atoms with Crippen molar-refractivity contribution in [3.8, 4) is 0 Å². The van der Waals surface area contributed by atoms with Crippen LogP contribution >= 0.6 is 0 Å². The average Bonchev–Trinajstić information content (AvgIpc) is 2.31. The van der Waals surface area contributed by atoms with E-state index in [-0.39, 0.29) is 0 Å². The van der Waals surface area contributed by atoms with Gasteiger partial charge < -0.3 is 0 Å². The quantitative estimate of drug-likeness (QED) is 0.542. The Labute approximate surface area is 100 Å². The Morgan fingerprint density at radius 3 is 2.35 bits per heavy atom. The van der Waals surface area contributed by atoms with E-state index >= 15 is 0 Å². The molecule has 2 heterocycles. The van der Waals surface area contributed by atoms with Crippen molar-refractivity contribution < 1.29 is 0 Å². The van der Waals surface area contributed by atoms with Gasteiger partial charge in [-0.3, -0.25) is 9.97 Å². The van der Waals surface area contributed by atoms with Crippen molar-refractivity contribution in [1.29, 1.82) is 0 Å². The summed E-state index contributed by atoms with van der Waals surface area (Å²) < 4.78 is 0. The number of benzene rings is 1. The van der Waals surface area contributed by atoms with E-state index in [1.54, 1.807) is 0 Å². The Morgan fingerprint density at radius 2 is 1.53 bits per heavy atom. The van der Waals surface area contributed by atoms with E-state index in [4.69, 9.17) is 0 Å². The molecule has 17 heavy (non-hydrogen) atoms. The molecule has 0 saturated heterocycles. The molecule has 0 aliphatic heterocycles. The van der Waals surface area contributed by atoms with Gasteiger partial charge in [0.2, 0.25) is 0 Å². The molecule has 2 heteroatoms. The van der Waals surface area contributed by atoms with Crippen LogP contribution in [0.5, 0.6) is 0 Å². The van der Waals surface area contributed by atoms with Gasteiger partial charge in [0.25, 0.3) is 0 Å². The SMILES string of the molecule is Cc1cnc2c(c1)c(C)cc1c(C)ccnc12. The van der Waals surface area contributed by atoms with Crippen molar-refractivity contribution in [2.24, 2.45) is 0 Å². The van der Waals surface area contributed by atoms with E-state index in [2.05, 4.69) is 42.9 Å². The van der Waals surface area contributed by atoms with Gasteiger partial charge >= 0.3 is 0 Å². The summed E-state index contributed by atoms with van der Waals surface area (Å²) in [6.45, 7) is 6.32. The fourth-order valence-corrected chi connectivity index (χ4v) is 2.29. The molecular formula is C15H14N2. The van der Waals surface area contributed by atoms with E-state index in [9.17, 15) is 0 Å². The summed E-state index contributed by atoms with van der Waals surface area (Å²) in [5, 5.41) is 2.41. The van der Waals surface area contributed by atoms with E-state index in [0.717, 1.165) is 11.0 Å². The summed E-state index contributed by atoms with van der Waals surface area (Å²) in [7, 11) is 0. The first-order valence-corrected chi connectivity index (χ1v) is 5.78. The van der Waals surface area contributed by atoms with Crippen molar-refractivity contribution in [3.63, 3.8) is 0 Å². The molecule has 0 aliphatic rings. The second-order valence-electron chi connectivity index (χ2n) is 4.63. The normalized spacial score (nSPS) is 11.2. The van der Waals surface area contributed by atoms with Crippen LogP contribution in [-0.4, -0.2) is 9.97 Å². The zero-order chi connectivity index (χ0) is 12.0. The minimum Gasteiger partial charge on any atom is -0.254 e. The maximum absolute atomic E-state index is 4.55. The molecule has 3 rings (SSSR count). The minimum atomic E-state index is 1.01. The minimum absolute atomic E-state index is 1.01. The number of hydrogen-bond acceptors (Lipinski definition) is 2. The largest absolute Gasteiger partial charge is 0.254 e. The maximum atomic E-state index is 4.55. The first kappa shape index (κ1) is 10.2. The number of rotatable bonds is 0. The zero-order valence-electron chi connectivity index (χ0n) is 10.3. The molecule has 2 nitrogen and oxygen atoms in total. The molecule has 0 amide bonds. The summed E-state index contributed by atoms with van der Waals surface area (Å²) in [4.78, 5) is 9.03. The highest BCUT2D eigenvalue weighted by Gasteiger charge is 2.07. The molecule has 2 aromatic heterocycles. The zero-order valence-corrected chi connectivity index (χ0v) is 10.3. The van der Waals surface area contributed by atoms with Gasteiger partial charge in [0.1, 0.15) is 0 Å². The number of hydrogen-bond donors (Lipinski definition) is 0. The Balaban J connectivity index is 2.60. The molecule has 0 bridgehead atoms. The molecule has 0 fully saturated rings. The van der Waals surface area contributed by atoms with Crippen molar-refractivity contribution in [2.45, 2.75) is 20.8 Å². The topological polar surface area (TPSA) is 25.8 Å².